The molecular weight excluding hydrogens is 1530 g/mol. The largest absolute Gasteiger partial charge is 0.508 e. The van der Waals surface area contributed by atoms with Gasteiger partial charge in [-0.25, -0.2) is 0 Å². The van der Waals surface area contributed by atoms with Crippen molar-refractivity contribution >= 4 is 57.7 Å². The van der Waals surface area contributed by atoms with Crippen LogP contribution in [-0.2, 0) is 91.3 Å². The van der Waals surface area contributed by atoms with Gasteiger partial charge in [0.05, 0.1) is 0 Å². The number of benzene rings is 15. The van der Waals surface area contributed by atoms with Gasteiger partial charge >= 0.3 is 0 Å². The summed E-state index contributed by atoms with van der Waals surface area (Å²) in [6.45, 7) is 6.47. The minimum absolute atomic E-state index is 0.00588. The highest BCUT2D eigenvalue weighted by atomic mass is 16.3. The molecular formula is C118H96O7. The van der Waals surface area contributed by atoms with Gasteiger partial charge in [0, 0.05) is 27.1 Å². The molecule has 0 unspecified atom stereocenters. The number of aromatic hydroxyl groups is 7. The average Bonchev–Trinajstić information content (AvgIpc) is 1.58. The maximum Gasteiger partial charge on any atom is 0.116 e. The normalized spacial score (nSPS) is 16.7. The third-order valence-electron chi connectivity index (χ3n) is 28.9. The Balaban J connectivity index is 0.0000000956. The van der Waals surface area contributed by atoms with Crippen LogP contribution in [0.3, 0.4) is 0 Å². The second-order valence-electron chi connectivity index (χ2n) is 36.3. The van der Waals surface area contributed by atoms with E-state index in [0.717, 1.165) is 97.6 Å². The Labute approximate surface area is 731 Å². The Hall–Kier alpha value is -14.4. The number of hydrogen-bond acceptors (Lipinski definition) is 7. The lowest BCUT2D eigenvalue weighted by Gasteiger charge is -2.30. The van der Waals surface area contributed by atoms with E-state index in [1.54, 1.807) is 24.3 Å². The van der Waals surface area contributed by atoms with Crippen LogP contribution in [0.25, 0.3) is 57.7 Å². The Morgan fingerprint density at radius 1 is 0.192 bits per heavy atom. The minimum atomic E-state index is -0.175. The van der Waals surface area contributed by atoms with E-state index in [1.165, 1.54) is 150 Å². The molecule has 0 amide bonds. The molecule has 0 aromatic heterocycles. The summed E-state index contributed by atoms with van der Waals surface area (Å²) in [5.74, 6) is 2.18. The summed E-state index contributed by atoms with van der Waals surface area (Å²) in [5.41, 5.74) is 42.5. The number of allylic oxidation sites excluding steroid dienone is 6. The molecule has 25 rings (SSSR count). The van der Waals surface area contributed by atoms with Gasteiger partial charge in [0.2, 0.25) is 0 Å². The summed E-state index contributed by atoms with van der Waals surface area (Å²) in [5, 5.41) is 70.0. The highest BCUT2D eigenvalue weighted by molar-refractivity contribution is 6.03. The van der Waals surface area contributed by atoms with Crippen molar-refractivity contribution in [1.82, 2.24) is 0 Å². The first-order chi connectivity index (χ1) is 60.8. The number of aryl methyl sites for hydroxylation is 2. The second-order valence-corrected chi connectivity index (χ2v) is 36.3. The summed E-state index contributed by atoms with van der Waals surface area (Å²) in [6, 6.07) is 116. The fourth-order valence-electron chi connectivity index (χ4n) is 23.4. The van der Waals surface area contributed by atoms with Crippen molar-refractivity contribution in [2.75, 3.05) is 0 Å². The standard InChI is InChI=1S/C25H22O.C24H20O.2C23H18O2.C23H18O/c1-16-7-9-18(10-8-16)24-17(2)22-13-21(26)11-12-23(22)25(24)14-19-5-3-4-6-20(19)15-25;1-16-6-8-17(9-7-16)23-13-20-12-21(25)10-11-22(20)24(23)14-18-4-2-3-5-19(18)15-24;24-19-7-3-6-15(10-19)21-11-16-8-9-20(25)12-22(16)23(21)13-17-4-1-2-5-18(17)14-23;24-19-7-3-6-15(10-19)22-12-18-11-20(25)8-9-21(18)23(22)13-16-4-1-2-5-17(16)14-23;24-20-10-11-21-19(12-20)13-22(16-6-2-1-3-7-16)23(21)14-17-8-4-5-9-18(17)15-23/h3-13,26H,14-15H2,1-2H3;2-13,25H,14-15H2,1H3;2*1-12,24-25H,13-14H2;1-13,24H,14-15H2. The molecule has 15 aromatic carbocycles. The van der Waals surface area contributed by atoms with E-state index < -0.39 is 0 Å². The number of fused-ring (bicyclic) bond motifs is 15. The maximum atomic E-state index is 10.1. The molecule has 15 aromatic rings. The molecule has 0 bridgehead atoms. The van der Waals surface area contributed by atoms with E-state index >= 15 is 0 Å². The molecule has 0 saturated heterocycles. The zero-order valence-corrected chi connectivity index (χ0v) is 70.3. The second kappa shape index (κ2) is 30.6. The average molecular weight is 1630 g/mol. The molecule has 0 atom stereocenters. The van der Waals surface area contributed by atoms with Crippen LogP contribution >= 0.6 is 0 Å². The monoisotopic (exact) mass is 1620 g/mol. The van der Waals surface area contributed by atoms with Crippen LogP contribution in [0, 0.1) is 13.8 Å². The van der Waals surface area contributed by atoms with Crippen LogP contribution in [-0.4, -0.2) is 35.7 Å². The Morgan fingerprint density at radius 3 is 0.832 bits per heavy atom. The van der Waals surface area contributed by atoms with Crippen molar-refractivity contribution in [1.29, 1.82) is 0 Å². The highest BCUT2D eigenvalue weighted by Crippen LogP contribution is 2.62. The van der Waals surface area contributed by atoms with E-state index in [-0.39, 0.29) is 44.3 Å². The third kappa shape index (κ3) is 13.4. The smallest absolute Gasteiger partial charge is 0.116 e. The zero-order chi connectivity index (χ0) is 85.1. The minimum Gasteiger partial charge on any atom is -0.508 e. The van der Waals surface area contributed by atoms with Crippen molar-refractivity contribution in [3.8, 4) is 40.2 Å². The van der Waals surface area contributed by atoms with Crippen LogP contribution in [0.5, 0.6) is 40.2 Å². The van der Waals surface area contributed by atoms with Crippen molar-refractivity contribution < 1.29 is 35.7 Å². The fourth-order valence-corrected chi connectivity index (χ4v) is 23.4. The number of phenolic OH excluding ortho intramolecular Hbond substituents is 7. The van der Waals surface area contributed by atoms with Gasteiger partial charge in [-0.3, -0.25) is 0 Å². The van der Waals surface area contributed by atoms with Gasteiger partial charge in [-0.15, -0.1) is 0 Å². The first kappa shape index (κ1) is 77.9. The number of hydrogen-bond donors (Lipinski definition) is 7. The first-order valence-electron chi connectivity index (χ1n) is 43.7. The zero-order valence-electron chi connectivity index (χ0n) is 70.3. The van der Waals surface area contributed by atoms with Gasteiger partial charge in [-0.2, -0.15) is 0 Å². The van der Waals surface area contributed by atoms with Crippen molar-refractivity contribution in [3.63, 3.8) is 0 Å². The van der Waals surface area contributed by atoms with E-state index in [2.05, 4.69) is 282 Å². The summed E-state index contributed by atoms with van der Waals surface area (Å²) in [4.78, 5) is 0. The van der Waals surface area contributed by atoms with Crippen LogP contribution in [0.1, 0.15) is 157 Å². The van der Waals surface area contributed by atoms with Crippen LogP contribution in [0.4, 0.5) is 0 Å². The number of rotatable bonds is 5. The Kier molecular flexibility index (Phi) is 19.1. The number of phenols is 7. The van der Waals surface area contributed by atoms with Gasteiger partial charge in [0.15, 0.2) is 0 Å². The lowest BCUT2D eigenvalue weighted by atomic mass is 9.72. The van der Waals surface area contributed by atoms with Crippen LogP contribution < -0.4 is 0 Å². The van der Waals surface area contributed by atoms with E-state index in [9.17, 15) is 35.7 Å². The van der Waals surface area contributed by atoms with Gasteiger partial charge in [0.1, 0.15) is 40.2 Å². The molecule has 610 valence electrons. The molecule has 10 aliphatic carbocycles. The lowest BCUT2D eigenvalue weighted by Crippen LogP contribution is -2.26. The molecule has 0 heterocycles. The fraction of sp³-hybridized carbons (Fsp3) is 0.153. The SMILES string of the molecule is CC1=C(c2ccc(C)cc2)C2(Cc3ccccc3C2)c2ccc(O)cc21.Cc1ccc(C2=Cc3cc(O)ccc3C23Cc2ccccc2C3)cc1.Oc1ccc2c(c1)C=C(c1ccccc1)C21Cc2ccccc2C1.Oc1cccc(C2=Cc3cc(O)ccc3C23Cc2ccccc2C3)c1.Oc1cccc(C2=Cc3ccc(O)cc3C23Cc2ccccc2C3)c1. The van der Waals surface area contributed by atoms with E-state index in [1.807, 2.05) is 78.9 Å². The summed E-state index contributed by atoms with van der Waals surface area (Å²) in [7, 11) is 0. The lowest BCUT2D eigenvalue weighted by molar-refractivity contribution is 0.471. The topological polar surface area (TPSA) is 142 Å². The van der Waals surface area contributed by atoms with Gasteiger partial charge < -0.3 is 35.7 Å². The predicted molar refractivity (Wildman–Crippen MR) is 507 cm³/mol. The highest BCUT2D eigenvalue weighted by Gasteiger charge is 2.52. The molecule has 0 saturated carbocycles. The third-order valence-corrected chi connectivity index (χ3v) is 28.9. The molecule has 10 aliphatic rings. The van der Waals surface area contributed by atoms with Gasteiger partial charge in [-0.05, 0) is 367 Å². The Morgan fingerprint density at radius 2 is 0.464 bits per heavy atom. The molecule has 7 N–H and O–H groups in total. The molecule has 125 heavy (non-hydrogen) atoms. The van der Waals surface area contributed by atoms with Gasteiger partial charge in [-0.1, -0.05) is 266 Å². The van der Waals surface area contributed by atoms with E-state index in [4.69, 9.17) is 0 Å². The molecule has 0 aliphatic heterocycles. The summed E-state index contributed by atoms with van der Waals surface area (Å²) < 4.78 is 0. The van der Waals surface area contributed by atoms with Gasteiger partial charge in [0.25, 0.3) is 0 Å². The van der Waals surface area contributed by atoms with E-state index in [0.29, 0.717) is 23.0 Å². The summed E-state index contributed by atoms with van der Waals surface area (Å²) >= 11 is 0. The molecule has 0 radical (unpaired) electrons. The van der Waals surface area contributed by atoms with Crippen molar-refractivity contribution in [3.05, 3.63) is 490 Å². The van der Waals surface area contributed by atoms with Crippen LogP contribution in [0.15, 0.2) is 340 Å². The first-order valence-corrected chi connectivity index (χ1v) is 43.7. The summed E-state index contributed by atoms with van der Waals surface area (Å²) in [6.07, 6.45) is 18.9. The molecule has 0 fully saturated rings. The molecule has 7 nitrogen and oxygen atoms in total. The van der Waals surface area contributed by atoms with Crippen LogP contribution in [0.2, 0.25) is 0 Å². The molecule has 7 heteroatoms. The Bertz CT molecular complexity index is 6920. The van der Waals surface area contributed by atoms with Crippen molar-refractivity contribution in [2.24, 2.45) is 0 Å². The molecule has 5 spiro atoms. The maximum absolute atomic E-state index is 10.1. The quantitative estimate of drug-likeness (QED) is 0.0910. The van der Waals surface area contributed by atoms with Crippen molar-refractivity contribution in [2.45, 2.75) is 112 Å². The predicted octanol–water partition coefficient (Wildman–Crippen LogP) is 25.3.